The summed E-state index contributed by atoms with van der Waals surface area (Å²) in [6.45, 7) is 0. The molecule has 0 aromatic heterocycles. The molecule has 3 N–H and O–H groups in total. The van der Waals surface area contributed by atoms with Crippen LogP contribution in [0.5, 0.6) is 0 Å². The molecule has 0 bridgehead atoms. The highest BCUT2D eigenvalue weighted by Gasteiger charge is 2.23. The molecular weight excluding hydrogens is 670 g/mol. The quantitative estimate of drug-likeness (QED) is 0.101. The highest BCUT2D eigenvalue weighted by molar-refractivity contribution is 9.10. The Morgan fingerprint density at radius 1 is 0.711 bits per heavy atom. The summed E-state index contributed by atoms with van der Waals surface area (Å²) in [5.74, 6) is -1.11. The fourth-order valence-electron chi connectivity index (χ4n) is 4.33. The van der Waals surface area contributed by atoms with Crippen molar-refractivity contribution in [2.24, 2.45) is 0 Å². The maximum atomic E-state index is 13.6. The number of rotatable bonds is 10. The zero-order chi connectivity index (χ0) is 31.6. The fraction of sp³-hybridized carbons (Fsp3) is 0.0278. The first-order chi connectivity index (χ1) is 21.8. The Hall–Kier alpha value is -4.63. The van der Waals surface area contributed by atoms with Crippen LogP contribution in [0, 0.1) is 0 Å². The van der Waals surface area contributed by atoms with Crippen molar-refractivity contribution >= 4 is 74.5 Å². The van der Waals surface area contributed by atoms with Crippen LogP contribution in [0.1, 0.15) is 26.7 Å². The lowest BCUT2D eigenvalue weighted by Gasteiger charge is -2.18. The van der Waals surface area contributed by atoms with E-state index in [0.717, 1.165) is 20.5 Å². The molecule has 224 valence electrons. The molecule has 0 radical (unpaired) electrons. The molecule has 6 nitrogen and oxygen atoms in total. The highest BCUT2D eigenvalue weighted by Crippen LogP contribution is 2.37. The van der Waals surface area contributed by atoms with Crippen molar-refractivity contribution in [2.45, 2.75) is 10.1 Å². The molecule has 0 spiro atoms. The Kier molecular flexibility index (Phi) is 10.9. The maximum absolute atomic E-state index is 13.6. The van der Waals surface area contributed by atoms with Crippen LogP contribution in [0.25, 0.3) is 6.08 Å². The van der Waals surface area contributed by atoms with Crippen LogP contribution in [0.2, 0.25) is 5.02 Å². The Bertz CT molecular complexity index is 1830. The van der Waals surface area contributed by atoms with Crippen molar-refractivity contribution in [1.29, 1.82) is 0 Å². The first kappa shape index (κ1) is 31.8. The fourth-order valence-corrected chi connectivity index (χ4v) is 5.96. The van der Waals surface area contributed by atoms with E-state index in [0.29, 0.717) is 22.0 Å². The van der Waals surface area contributed by atoms with Gasteiger partial charge in [-0.3, -0.25) is 14.4 Å². The van der Waals surface area contributed by atoms with Crippen molar-refractivity contribution in [2.75, 3.05) is 10.6 Å². The Balaban J connectivity index is 1.37. The lowest BCUT2D eigenvalue weighted by atomic mass is 10.1. The van der Waals surface area contributed by atoms with Gasteiger partial charge in [0, 0.05) is 31.3 Å². The van der Waals surface area contributed by atoms with Crippen molar-refractivity contribution < 1.29 is 14.4 Å². The number of hydrogen-bond donors (Lipinski definition) is 3. The number of thioether (sulfide) groups is 1. The summed E-state index contributed by atoms with van der Waals surface area (Å²) < 4.78 is 0.836. The molecule has 0 saturated heterocycles. The second-order valence-electron chi connectivity index (χ2n) is 9.82. The largest absolute Gasteiger partial charge is 0.325 e. The van der Waals surface area contributed by atoms with Gasteiger partial charge >= 0.3 is 0 Å². The van der Waals surface area contributed by atoms with E-state index >= 15 is 0 Å². The molecule has 1 atom stereocenters. The van der Waals surface area contributed by atoms with Gasteiger partial charge in [0.15, 0.2) is 0 Å². The van der Waals surface area contributed by atoms with Crippen LogP contribution >= 0.6 is 39.3 Å². The summed E-state index contributed by atoms with van der Waals surface area (Å²) in [6, 6.07) is 39.7. The number of anilines is 2. The molecule has 0 saturated carbocycles. The molecule has 5 aromatic rings. The normalized spacial score (nSPS) is 11.7. The third-order valence-electron chi connectivity index (χ3n) is 6.49. The van der Waals surface area contributed by atoms with Gasteiger partial charge in [0.2, 0.25) is 5.91 Å². The summed E-state index contributed by atoms with van der Waals surface area (Å²) in [6.07, 6.45) is 1.62. The average Bonchev–Trinajstić information content (AvgIpc) is 3.05. The van der Waals surface area contributed by atoms with Crippen molar-refractivity contribution in [3.8, 4) is 0 Å². The van der Waals surface area contributed by atoms with Crippen LogP contribution < -0.4 is 16.0 Å². The van der Waals surface area contributed by atoms with Gasteiger partial charge in [0.05, 0.1) is 0 Å². The van der Waals surface area contributed by atoms with Gasteiger partial charge in [-0.1, -0.05) is 94.3 Å². The lowest BCUT2D eigenvalue weighted by Crippen LogP contribution is -2.30. The summed E-state index contributed by atoms with van der Waals surface area (Å²) in [5, 5.41) is 8.63. The van der Waals surface area contributed by atoms with E-state index < -0.39 is 17.1 Å². The second kappa shape index (κ2) is 15.4. The monoisotopic (exact) mass is 695 g/mol. The maximum Gasteiger partial charge on any atom is 0.272 e. The van der Waals surface area contributed by atoms with E-state index in [-0.39, 0.29) is 11.6 Å². The predicted octanol–water partition coefficient (Wildman–Crippen LogP) is 8.98. The molecular formula is C36H27BrClN3O3S. The first-order valence-electron chi connectivity index (χ1n) is 13.9. The van der Waals surface area contributed by atoms with Crippen LogP contribution in [-0.4, -0.2) is 17.7 Å². The zero-order valence-electron chi connectivity index (χ0n) is 23.7. The van der Waals surface area contributed by atoms with Gasteiger partial charge in [-0.25, -0.2) is 0 Å². The predicted molar refractivity (Wildman–Crippen MR) is 186 cm³/mol. The SMILES string of the molecule is O=C(Nc1cccc(SC(C(=O)Nc2ccc(Cl)cc2)c2ccccc2)c1)/C(=C\c1cccc(Br)c1)NC(=O)c1ccccc1. The summed E-state index contributed by atoms with van der Waals surface area (Å²) in [7, 11) is 0. The standard InChI is InChI=1S/C36H27BrClN3O3S/c37-27-14-7-9-24(21-27)22-32(41-34(42)26-12-5-2-6-13-26)35(43)40-30-15-8-16-31(23-30)45-33(25-10-3-1-4-11-25)36(44)39-29-19-17-28(38)18-20-29/h1-23,33H,(H,39,44)(H,40,43)(H,41,42)/b32-22+. The number of amides is 3. The number of nitrogens with one attached hydrogen (secondary N) is 3. The third-order valence-corrected chi connectivity index (χ3v) is 8.48. The minimum Gasteiger partial charge on any atom is -0.325 e. The Labute approximate surface area is 279 Å². The lowest BCUT2D eigenvalue weighted by molar-refractivity contribution is -0.116. The minimum atomic E-state index is -0.579. The van der Waals surface area contributed by atoms with Crippen LogP contribution in [-0.2, 0) is 9.59 Å². The molecule has 45 heavy (non-hydrogen) atoms. The number of halogens is 2. The topological polar surface area (TPSA) is 87.3 Å². The summed E-state index contributed by atoms with van der Waals surface area (Å²) in [4.78, 5) is 40.8. The van der Waals surface area contributed by atoms with Gasteiger partial charge in [-0.05, 0) is 83.9 Å². The molecule has 5 rings (SSSR count). The van der Waals surface area contributed by atoms with E-state index in [4.69, 9.17) is 11.6 Å². The number of carbonyl (C=O) groups is 3. The van der Waals surface area contributed by atoms with Crippen LogP contribution in [0.15, 0.2) is 149 Å². The molecule has 0 aliphatic heterocycles. The summed E-state index contributed by atoms with van der Waals surface area (Å²) in [5.41, 5.74) is 3.19. The number of hydrogen-bond acceptors (Lipinski definition) is 4. The van der Waals surface area contributed by atoms with Gasteiger partial charge < -0.3 is 16.0 Å². The van der Waals surface area contributed by atoms with Crippen molar-refractivity contribution in [3.63, 3.8) is 0 Å². The van der Waals surface area contributed by atoms with Crippen LogP contribution in [0.4, 0.5) is 11.4 Å². The molecule has 1 unspecified atom stereocenters. The van der Waals surface area contributed by atoms with E-state index in [1.807, 2.05) is 66.7 Å². The molecule has 3 amide bonds. The first-order valence-corrected chi connectivity index (χ1v) is 15.9. The van der Waals surface area contributed by atoms with E-state index in [1.165, 1.54) is 11.8 Å². The number of carbonyl (C=O) groups excluding carboxylic acids is 3. The van der Waals surface area contributed by atoms with Gasteiger partial charge in [0.1, 0.15) is 10.9 Å². The smallest absolute Gasteiger partial charge is 0.272 e. The van der Waals surface area contributed by atoms with Gasteiger partial charge in [0.25, 0.3) is 11.8 Å². The molecule has 0 fully saturated rings. The second-order valence-corrected chi connectivity index (χ2v) is 12.4. The third kappa shape index (κ3) is 9.18. The molecule has 0 aliphatic rings. The van der Waals surface area contributed by atoms with Crippen molar-refractivity contribution in [1.82, 2.24) is 5.32 Å². The van der Waals surface area contributed by atoms with E-state index in [1.54, 1.807) is 72.8 Å². The molecule has 0 aliphatic carbocycles. The Morgan fingerprint density at radius 2 is 1.40 bits per heavy atom. The minimum absolute atomic E-state index is 0.0736. The van der Waals surface area contributed by atoms with E-state index in [2.05, 4.69) is 31.9 Å². The van der Waals surface area contributed by atoms with Gasteiger partial charge in [-0.2, -0.15) is 0 Å². The molecule has 9 heteroatoms. The molecule has 5 aromatic carbocycles. The van der Waals surface area contributed by atoms with Crippen molar-refractivity contribution in [3.05, 3.63) is 165 Å². The molecule has 0 heterocycles. The average molecular weight is 697 g/mol. The Morgan fingerprint density at radius 3 is 2.11 bits per heavy atom. The van der Waals surface area contributed by atoms with Gasteiger partial charge in [-0.15, -0.1) is 11.8 Å². The highest BCUT2D eigenvalue weighted by atomic mass is 79.9. The zero-order valence-corrected chi connectivity index (χ0v) is 26.9. The van der Waals surface area contributed by atoms with Crippen LogP contribution in [0.3, 0.4) is 0 Å². The van der Waals surface area contributed by atoms with E-state index in [9.17, 15) is 14.4 Å². The number of benzene rings is 5. The summed E-state index contributed by atoms with van der Waals surface area (Å²) >= 11 is 10.8.